The standard InChI is InChI=1S/C12H15BrClNO2S/c1-12(6-2-3-7-12)15-18(16,17)11-5-4-9(13)8-10(11)14/h4-5,8,15H,2-3,6-7H2,1H3. The molecule has 0 radical (unpaired) electrons. The molecule has 0 aromatic heterocycles. The van der Waals surface area contributed by atoms with Gasteiger partial charge in [-0.3, -0.25) is 0 Å². The van der Waals surface area contributed by atoms with Crippen LogP contribution in [-0.2, 0) is 10.0 Å². The zero-order valence-electron chi connectivity index (χ0n) is 10.0. The Hall–Kier alpha value is -0.100. The highest BCUT2D eigenvalue weighted by atomic mass is 79.9. The minimum Gasteiger partial charge on any atom is -0.207 e. The molecule has 3 nitrogen and oxygen atoms in total. The molecule has 0 spiro atoms. The minimum atomic E-state index is -3.55. The Morgan fingerprint density at radius 3 is 2.50 bits per heavy atom. The van der Waals surface area contributed by atoms with Crippen molar-refractivity contribution in [2.45, 2.75) is 43.0 Å². The summed E-state index contributed by atoms with van der Waals surface area (Å²) in [4.78, 5) is 0.139. The number of halogens is 2. The normalized spacial score (nSPS) is 19.1. The largest absolute Gasteiger partial charge is 0.242 e. The second-order valence-electron chi connectivity index (χ2n) is 4.95. The van der Waals surface area contributed by atoms with Crippen molar-refractivity contribution in [2.75, 3.05) is 0 Å². The van der Waals surface area contributed by atoms with E-state index >= 15 is 0 Å². The highest BCUT2D eigenvalue weighted by Gasteiger charge is 2.34. The molecule has 0 aliphatic heterocycles. The molecule has 18 heavy (non-hydrogen) atoms. The van der Waals surface area contributed by atoms with Gasteiger partial charge in [0.1, 0.15) is 4.90 Å². The van der Waals surface area contributed by atoms with Gasteiger partial charge in [-0.1, -0.05) is 40.4 Å². The lowest BCUT2D eigenvalue weighted by Gasteiger charge is -2.25. The molecule has 1 aliphatic carbocycles. The third-order valence-corrected chi connectivity index (χ3v) is 5.89. The number of benzene rings is 1. The molecule has 6 heteroatoms. The lowest BCUT2D eigenvalue weighted by atomic mass is 10.0. The average molecular weight is 353 g/mol. The zero-order chi connectivity index (χ0) is 13.4. The van der Waals surface area contributed by atoms with Crippen molar-refractivity contribution in [3.63, 3.8) is 0 Å². The summed E-state index contributed by atoms with van der Waals surface area (Å²) in [5, 5.41) is 0.235. The molecule has 2 rings (SSSR count). The molecule has 0 unspecified atom stereocenters. The number of nitrogens with one attached hydrogen (secondary N) is 1. The van der Waals surface area contributed by atoms with Gasteiger partial charge in [0.25, 0.3) is 0 Å². The SMILES string of the molecule is CC1(NS(=O)(=O)c2ccc(Br)cc2Cl)CCCC1. The van der Waals surface area contributed by atoms with Crippen LogP contribution < -0.4 is 4.72 Å². The summed E-state index contributed by atoms with van der Waals surface area (Å²) >= 11 is 9.26. The maximum absolute atomic E-state index is 12.3. The fraction of sp³-hybridized carbons (Fsp3) is 0.500. The van der Waals surface area contributed by atoms with Gasteiger partial charge in [0.15, 0.2) is 0 Å². The third-order valence-electron chi connectivity index (χ3n) is 3.27. The summed E-state index contributed by atoms with van der Waals surface area (Å²) in [5.74, 6) is 0. The first-order valence-corrected chi connectivity index (χ1v) is 8.47. The Morgan fingerprint density at radius 2 is 1.94 bits per heavy atom. The van der Waals surface area contributed by atoms with E-state index in [0.29, 0.717) is 0 Å². The summed E-state index contributed by atoms with van der Waals surface area (Å²) in [6, 6.07) is 4.79. The van der Waals surface area contributed by atoms with E-state index < -0.39 is 10.0 Å². The van der Waals surface area contributed by atoms with Crippen molar-refractivity contribution in [3.05, 3.63) is 27.7 Å². The third kappa shape index (κ3) is 3.07. The molecule has 1 saturated carbocycles. The van der Waals surface area contributed by atoms with Crippen molar-refractivity contribution >= 4 is 37.6 Å². The Morgan fingerprint density at radius 1 is 1.33 bits per heavy atom. The second kappa shape index (κ2) is 5.12. The van der Waals surface area contributed by atoms with Crippen molar-refractivity contribution in [1.82, 2.24) is 4.72 Å². The Bertz CT molecular complexity index is 553. The van der Waals surface area contributed by atoms with E-state index in [1.165, 1.54) is 6.07 Å². The van der Waals surface area contributed by atoms with E-state index in [0.717, 1.165) is 30.2 Å². The van der Waals surface area contributed by atoms with Crippen LogP contribution in [0.25, 0.3) is 0 Å². The highest BCUT2D eigenvalue weighted by molar-refractivity contribution is 9.10. The summed E-state index contributed by atoms with van der Waals surface area (Å²) < 4.78 is 28.2. The molecule has 0 amide bonds. The number of hydrogen-bond acceptors (Lipinski definition) is 2. The molecule has 1 aromatic rings. The van der Waals surface area contributed by atoms with E-state index in [9.17, 15) is 8.42 Å². The monoisotopic (exact) mass is 351 g/mol. The lowest BCUT2D eigenvalue weighted by molar-refractivity contribution is 0.427. The molecule has 1 aromatic carbocycles. The molecular formula is C12H15BrClNO2S. The molecule has 0 bridgehead atoms. The Balaban J connectivity index is 2.30. The Kier molecular flexibility index (Phi) is 4.07. The van der Waals surface area contributed by atoms with Crippen molar-refractivity contribution in [1.29, 1.82) is 0 Å². The van der Waals surface area contributed by atoms with Gasteiger partial charge in [0.2, 0.25) is 10.0 Å². The predicted octanol–water partition coefficient (Wildman–Crippen LogP) is 3.71. The minimum absolute atomic E-state index is 0.139. The molecule has 1 fully saturated rings. The van der Waals surface area contributed by atoms with Crippen LogP contribution in [0.2, 0.25) is 5.02 Å². The summed E-state index contributed by atoms with van der Waals surface area (Å²) in [5.41, 5.74) is -0.338. The van der Waals surface area contributed by atoms with E-state index in [1.54, 1.807) is 12.1 Å². The fourth-order valence-electron chi connectivity index (χ4n) is 2.33. The van der Waals surface area contributed by atoms with Gasteiger partial charge < -0.3 is 0 Å². The van der Waals surface area contributed by atoms with Crippen LogP contribution >= 0.6 is 27.5 Å². The summed E-state index contributed by atoms with van der Waals surface area (Å²) in [6.07, 6.45) is 3.88. The van der Waals surface area contributed by atoms with E-state index in [-0.39, 0.29) is 15.5 Å². The smallest absolute Gasteiger partial charge is 0.207 e. The van der Waals surface area contributed by atoms with Crippen LogP contribution in [-0.4, -0.2) is 14.0 Å². The van der Waals surface area contributed by atoms with Crippen molar-refractivity contribution in [2.24, 2.45) is 0 Å². The second-order valence-corrected chi connectivity index (χ2v) is 7.92. The number of sulfonamides is 1. The topological polar surface area (TPSA) is 46.2 Å². The van der Waals surface area contributed by atoms with E-state index in [4.69, 9.17) is 11.6 Å². The predicted molar refractivity (Wildman–Crippen MR) is 76.3 cm³/mol. The molecule has 1 N–H and O–H groups in total. The molecule has 0 heterocycles. The van der Waals surface area contributed by atoms with Crippen LogP contribution in [0.5, 0.6) is 0 Å². The van der Waals surface area contributed by atoms with Crippen LogP contribution in [0.1, 0.15) is 32.6 Å². The first kappa shape index (κ1) is 14.3. The van der Waals surface area contributed by atoms with Gasteiger partial charge in [0, 0.05) is 10.0 Å². The summed E-state index contributed by atoms with van der Waals surface area (Å²) in [7, 11) is -3.55. The zero-order valence-corrected chi connectivity index (χ0v) is 13.2. The van der Waals surface area contributed by atoms with Gasteiger partial charge in [-0.25, -0.2) is 13.1 Å². The lowest BCUT2D eigenvalue weighted by Crippen LogP contribution is -2.43. The number of hydrogen-bond donors (Lipinski definition) is 1. The summed E-state index contributed by atoms with van der Waals surface area (Å²) in [6.45, 7) is 1.95. The van der Waals surface area contributed by atoms with Gasteiger partial charge in [-0.15, -0.1) is 0 Å². The first-order valence-electron chi connectivity index (χ1n) is 5.81. The van der Waals surface area contributed by atoms with E-state index in [2.05, 4.69) is 20.7 Å². The van der Waals surface area contributed by atoms with Crippen LogP contribution in [0, 0.1) is 0 Å². The van der Waals surface area contributed by atoms with Crippen molar-refractivity contribution in [3.8, 4) is 0 Å². The van der Waals surface area contributed by atoms with Crippen LogP contribution in [0.3, 0.4) is 0 Å². The molecule has 100 valence electrons. The van der Waals surface area contributed by atoms with Crippen LogP contribution in [0.4, 0.5) is 0 Å². The maximum Gasteiger partial charge on any atom is 0.242 e. The molecular weight excluding hydrogens is 338 g/mol. The molecule has 0 atom stereocenters. The van der Waals surface area contributed by atoms with E-state index in [1.807, 2.05) is 6.92 Å². The Labute approximate surface area is 121 Å². The van der Waals surface area contributed by atoms with Gasteiger partial charge in [-0.05, 0) is 38.0 Å². The molecule has 1 aliphatic rings. The number of rotatable bonds is 3. The van der Waals surface area contributed by atoms with Gasteiger partial charge >= 0.3 is 0 Å². The first-order chi connectivity index (χ1) is 8.32. The fourth-order valence-corrected chi connectivity index (χ4v) is 4.83. The quantitative estimate of drug-likeness (QED) is 0.901. The van der Waals surface area contributed by atoms with Gasteiger partial charge in [0.05, 0.1) is 5.02 Å². The molecule has 0 saturated heterocycles. The van der Waals surface area contributed by atoms with Crippen molar-refractivity contribution < 1.29 is 8.42 Å². The van der Waals surface area contributed by atoms with Crippen LogP contribution in [0.15, 0.2) is 27.6 Å². The average Bonchev–Trinajstić information content (AvgIpc) is 2.62. The highest BCUT2D eigenvalue weighted by Crippen LogP contribution is 2.32. The van der Waals surface area contributed by atoms with Gasteiger partial charge in [-0.2, -0.15) is 0 Å². The maximum atomic E-state index is 12.3.